The Hall–Kier alpha value is -0.970. The van der Waals surface area contributed by atoms with Gasteiger partial charge in [0.05, 0.1) is 19.2 Å². The number of nitrogens with zero attached hydrogens (tertiary/aromatic N) is 1. The van der Waals surface area contributed by atoms with Crippen LogP contribution >= 0.6 is 11.8 Å². The number of thioether (sulfide) groups is 1. The van der Waals surface area contributed by atoms with Crippen LogP contribution in [0.1, 0.15) is 12.5 Å². The van der Waals surface area contributed by atoms with Crippen molar-refractivity contribution >= 4 is 17.7 Å². The molecule has 1 atom stereocenters. The van der Waals surface area contributed by atoms with Gasteiger partial charge in [0.2, 0.25) is 0 Å². The Morgan fingerprint density at radius 1 is 1.79 bits per heavy atom. The van der Waals surface area contributed by atoms with Gasteiger partial charge in [-0.3, -0.25) is 4.79 Å². The zero-order valence-electron chi connectivity index (χ0n) is 8.23. The molecular weight excluding hydrogens is 202 g/mol. The number of hydrogen-bond donors (Lipinski definition) is 0. The predicted octanol–water partition coefficient (Wildman–Crippen LogP) is 1.72. The van der Waals surface area contributed by atoms with E-state index in [1.807, 2.05) is 6.92 Å². The van der Waals surface area contributed by atoms with Crippen molar-refractivity contribution in [2.75, 3.05) is 12.9 Å². The van der Waals surface area contributed by atoms with Crippen LogP contribution < -0.4 is 0 Å². The summed E-state index contributed by atoms with van der Waals surface area (Å²) in [6, 6.07) is 0. The third kappa shape index (κ3) is 3.41. The molecule has 4 nitrogen and oxygen atoms in total. The molecule has 0 saturated heterocycles. The molecule has 78 valence electrons. The van der Waals surface area contributed by atoms with Crippen LogP contribution in [-0.4, -0.2) is 24.0 Å². The molecule has 0 aliphatic carbocycles. The van der Waals surface area contributed by atoms with E-state index in [-0.39, 0.29) is 11.9 Å². The average molecular weight is 215 g/mol. The lowest BCUT2D eigenvalue weighted by atomic mass is 10.2. The van der Waals surface area contributed by atoms with E-state index in [0.717, 1.165) is 17.1 Å². The van der Waals surface area contributed by atoms with Gasteiger partial charge in [-0.05, 0) is 0 Å². The van der Waals surface area contributed by atoms with Crippen molar-refractivity contribution in [2.24, 2.45) is 5.92 Å². The van der Waals surface area contributed by atoms with E-state index in [2.05, 4.69) is 14.4 Å². The van der Waals surface area contributed by atoms with Crippen molar-refractivity contribution in [3.8, 4) is 0 Å². The van der Waals surface area contributed by atoms with Crippen LogP contribution in [0.3, 0.4) is 0 Å². The number of esters is 1. The Labute approximate surface area is 87.0 Å². The van der Waals surface area contributed by atoms with E-state index >= 15 is 0 Å². The molecule has 1 unspecified atom stereocenters. The van der Waals surface area contributed by atoms with Gasteiger partial charge in [-0.2, -0.15) is 11.8 Å². The molecule has 0 saturated carbocycles. The van der Waals surface area contributed by atoms with Crippen LogP contribution in [-0.2, 0) is 15.3 Å². The highest BCUT2D eigenvalue weighted by molar-refractivity contribution is 7.98. The van der Waals surface area contributed by atoms with E-state index in [9.17, 15) is 4.79 Å². The fraction of sp³-hybridized carbons (Fsp3) is 0.556. The zero-order chi connectivity index (χ0) is 10.4. The van der Waals surface area contributed by atoms with Gasteiger partial charge in [-0.1, -0.05) is 12.1 Å². The van der Waals surface area contributed by atoms with Crippen molar-refractivity contribution in [1.82, 2.24) is 5.16 Å². The maximum atomic E-state index is 11.0. The van der Waals surface area contributed by atoms with E-state index in [0.29, 0.717) is 0 Å². The summed E-state index contributed by atoms with van der Waals surface area (Å²) in [6.07, 6.45) is 3.28. The Bertz CT molecular complexity index is 274. The molecule has 0 amide bonds. The third-order valence-corrected chi connectivity index (χ3v) is 3.00. The average Bonchev–Trinajstić information content (AvgIpc) is 2.69. The summed E-state index contributed by atoms with van der Waals surface area (Å²) < 4.78 is 9.30. The number of aromatic nitrogens is 1. The lowest BCUT2D eigenvalue weighted by Crippen LogP contribution is -2.14. The lowest BCUT2D eigenvalue weighted by molar-refractivity contribution is -0.143. The summed E-state index contributed by atoms with van der Waals surface area (Å²) in [5.41, 5.74) is 1.03. The predicted molar refractivity (Wildman–Crippen MR) is 53.8 cm³/mol. The van der Waals surface area contributed by atoms with Gasteiger partial charge in [-0.15, -0.1) is 0 Å². The summed E-state index contributed by atoms with van der Waals surface area (Å²) in [5.74, 6) is 1.33. The molecule has 0 aromatic carbocycles. The molecule has 0 aliphatic heterocycles. The van der Waals surface area contributed by atoms with Gasteiger partial charge >= 0.3 is 5.97 Å². The maximum Gasteiger partial charge on any atom is 0.309 e. The molecule has 1 rings (SSSR count). The summed E-state index contributed by atoms with van der Waals surface area (Å²) >= 11 is 1.66. The first-order valence-electron chi connectivity index (χ1n) is 4.28. The Kier molecular flexibility index (Phi) is 4.52. The van der Waals surface area contributed by atoms with Crippen LogP contribution in [0.15, 0.2) is 17.0 Å². The SMILES string of the molecule is COC(=O)C(C)CSCc1cnoc1. The van der Waals surface area contributed by atoms with Crippen LogP contribution in [0.4, 0.5) is 0 Å². The highest BCUT2D eigenvalue weighted by Gasteiger charge is 2.12. The molecule has 14 heavy (non-hydrogen) atoms. The number of ether oxygens (including phenoxy) is 1. The number of rotatable bonds is 5. The first-order chi connectivity index (χ1) is 6.74. The second-order valence-corrected chi connectivity index (χ2v) is 4.00. The van der Waals surface area contributed by atoms with Crippen LogP contribution in [0.2, 0.25) is 0 Å². The summed E-state index contributed by atoms with van der Waals surface area (Å²) in [7, 11) is 1.41. The van der Waals surface area contributed by atoms with Crippen LogP contribution in [0.25, 0.3) is 0 Å². The fourth-order valence-corrected chi connectivity index (χ4v) is 1.91. The topological polar surface area (TPSA) is 52.3 Å². The standard InChI is InChI=1S/C9H13NO3S/c1-7(9(11)12-2)5-14-6-8-3-10-13-4-8/h3-4,7H,5-6H2,1-2H3. The summed E-state index contributed by atoms with van der Waals surface area (Å²) in [4.78, 5) is 11.0. The number of carbonyl (C=O) groups excluding carboxylic acids is 1. The van der Waals surface area contributed by atoms with Gasteiger partial charge in [0, 0.05) is 17.1 Å². The molecule has 0 fully saturated rings. The Morgan fingerprint density at radius 2 is 2.57 bits per heavy atom. The maximum absolute atomic E-state index is 11.0. The highest BCUT2D eigenvalue weighted by atomic mass is 32.2. The minimum Gasteiger partial charge on any atom is -0.469 e. The normalized spacial score (nSPS) is 12.4. The molecule has 0 radical (unpaired) electrons. The molecule has 1 aromatic heterocycles. The minimum absolute atomic E-state index is 0.0649. The van der Waals surface area contributed by atoms with Crippen molar-refractivity contribution < 1.29 is 14.1 Å². The van der Waals surface area contributed by atoms with Crippen LogP contribution in [0.5, 0.6) is 0 Å². The van der Waals surface area contributed by atoms with E-state index in [1.54, 1.807) is 24.2 Å². The fourth-order valence-electron chi connectivity index (χ4n) is 0.921. The Morgan fingerprint density at radius 3 is 3.14 bits per heavy atom. The van der Waals surface area contributed by atoms with Gasteiger partial charge in [0.15, 0.2) is 0 Å². The smallest absolute Gasteiger partial charge is 0.309 e. The summed E-state index contributed by atoms with van der Waals surface area (Å²) in [6.45, 7) is 1.85. The van der Waals surface area contributed by atoms with Gasteiger partial charge < -0.3 is 9.26 Å². The van der Waals surface area contributed by atoms with E-state index < -0.39 is 0 Å². The van der Waals surface area contributed by atoms with Gasteiger partial charge in [-0.25, -0.2) is 0 Å². The van der Waals surface area contributed by atoms with Crippen molar-refractivity contribution in [3.05, 3.63) is 18.0 Å². The number of carbonyl (C=O) groups is 1. The number of methoxy groups -OCH3 is 1. The monoisotopic (exact) mass is 215 g/mol. The van der Waals surface area contributed by atoms with Crippen molar-refractivity contribution in [3.63, 3.8) is 0 Å². The zero-order valence-corrected chi connectivity index (χ0v) is 9.04. The van der Waals surface area contributed by atoms with Crippen LogP contribution in [0, 0.1) is 5.92 Å². The molecule has 5 heteroatoms. The van der Waals surface area contributed by atoms with Crippen molar-refractivity contribution in [2.45, 2.75) is 12.7 Å². The minimum atomic E-state index is -0.164. The van der Waals surface area contributed by atoms with Gasteiger partial charge in [0.25, 0.3) is 0 Å². The van der Waals surface area contributed by atoms with Crippen molar-refractivity contribution in [1.29, 1.82) is 0 Å². The highest BCUT2D eigenvalue weighted by Crippen LogP contribution is 2.15. The summed E-state index contributed by atoms with van der Waals surface area (Å²) in [5, 5.41) is 3.59. The second kappa shape index (κ2) is 5.70. The quantitative estimate of drug-likeness (QED) is 0.700. The van der Waals surface area contributed by atoms with E-state index in [4.69, 9.17) is 0 Å². The van der Waals surface area contributed by atoms with E-state index in [1.165, 1.54) is 7.11 Å². The largest absolute Gasteiger partial charge is 0.469 e. The first kappa shape index (κ1) is 11.1. The lowest BCUT2D eigenvalue weighted by Gasteiger charge is -2.07. The molecule has 1 aromatic rings. The molecule has 0 N–H and O–H groups in total. The molecule has 0 spiro atoms. The van der Waals surface area contributed by atoms with Gasteiger partial charge in [0.1, 0.15) is 6.26 Å². The molecule has 1 heterocycles. The molecular formula is C9H13NO3S. The molecule has 0 aliphatic rings. The number of hydrogen-bond acceptors (Lipinski definition) is 5. The third-order valence-electron chi connectivity index (χ3n) is 1.72. The second-order valence-electron chi connectivity index (χ2n) is 2.97. The molecule has 0 bridgehead atoms. The first-order valence-corrected chi connectivity index (χ1v) is 5.43. The Balaban J connectivity index is 2.18.